The molecular formula is C19H20N4O4. The van der Waals surface area contributed by atoms with Gasteiger partial charge in [0.2, 0.25) is 11.8 Å². The van der Waals surface area contributed by atoms with E-state index in [1.807, 2.05) is 0 Å². The highest BCUT2D eigenvalue weighted by atomic mass is 16.6. The number of nitrogens with two attached hydrogens (primary N) is 1. The lowest BCUT2D eigenvalue weighted by Gasteiger charge is -2.24. The second kappa shape index (κ2) is 7.41. The zero-order valence-electron chi connectivity index (χ0n) is 15.3. The molecule has 140 valence electrons. The summed E-state index contributed by atoms with van der Waals surface area (Å²) in [6.07, 6.45) is 1.65. The van der Waals surface area contributed by atoms with Gasteiger partial charge in [0.25, 0.3) is 0 Å². The van der Waals surface area contributed by atoms with Crippen LogP contribution in [0.15, 0.2) is 29.7 Å². The third-order valence-electron chi connectivity index (χ3n) is 4.29. The van der Waals surface area contributed by atoms with Crippen LogP contribution < -0.4 is 19.9 Å². The van der Waals surface area contributed by atoms with Crippen LogP contribution >= 0.6 is 0 Å². The van der Waals surface area contributed by atoms with E-state index in [-0.39, 0.29) is 5.88 Å². The number of hydrogen-bond donors (Lipinski definition) is 2. The average molecular weight is 368 g/mol. The molecule has 1 aliphatic rings. The van der Waals surface area contributed by atoms with E-state index in [0.29, 0.717) is 23.0 Å². The number of nitriles is 1. The van der Waals surface area contributed by atoms with Crippen molar-refractivity contribution in [2.24, 2.45) is 5.73 Å². The van der Waals surface area contributed by atoms with Crippen LogP contribution in [0.3, 0.4) is 0 Å². The zero-order valence-corrected chi connectivity index (χ0v) is 15.3. The molecule has 0 unspecified atom stereocenters. The van der Waals surface area contributed by atoms with Crippen LogP contribution in [0.1, 0.15) is 43.0 Å². The maximum absolute atomic E-state index is 11.3. The van der Waals surface area contributed by atoms with Gasteiger partial charge in [-0.05, 0) is 24.1 Å². The number of aryl methyl sites for hydroxylation is 1. The number of aromatic nitrogens is 2. The molecule has 0 amide bonds. The Hall–Kier alpha value is -3.47. The molecule has 0 saturated carbocycles. The van der Waals surface area contributed by atoms with Crippen LogP contribution in [-0.2, 0) is 11.2 Å². The van der Waals surface area contributed by atoms with Crippen molar-refractivity contribution < 1.29 is 19.0 Å². The summed E-state index contributed by atoms with van der Waals surface area (Å²) in [5.41, 5.74) is 8.68. The minimum Gasteiger partial charge on any atom is -0.493 e. The molecule has 0 radical (unpaired) electrons. The summed E-state index contributed by atoms with van der Waals surface area (Å²) >= 11 is 0. The van der Waals surface area contributed by atoms with Gasteiger partial charge in [0.05, 0.1) is 13.0 Å². The lowest BCUT2D eigenvalue weighted by Crippen LogP contribution is -2.21. The lowest BCUT2D eigenvalue weighted by atomic mass is 9.83. The van der Waals surface area contributed by atoms with E-state index in [9.17, 15) is 10.1 Å². The highest BCUT2D eigenvalue weighted by Crippen LogP contribution is 2.44. The summed E-state index contributed by atoms with van der Waals surface area (Å²) in [5.74, 6) is 0.163. The fourth-order valence-electron chi connectivity index (χ4n) is 3.19. The minimum absolute atomic E-state index is 0.0209. The maximum Gasteiger partial charge on any atom is 0.308 e. The number of carbonyl (C=O) groups is 1. The van der Waals surface area contributed by atoms with E-state index in [1.165, 1.54) is 14.0 Å². The van der Waals surface area contributed by atoms with Crippen molar-refractivity contribution in [2.45, 2.75) is 32.6 Å². The maximum atomic E-state index is 11.3. The number of benzene rings is 1. The third-order valence-corrected chi connectivity index (χ3v) is 4.29. The Morgan fingerprint density at radius 1 is 1.44 bits per heavy atom. The second-order valence-electron chi connectivity index (χ2n) is 6.10. The van der Waals surface area contributed by atoms with Crippen molar-refractivity contribution >= 4 is 5.97 Å². The quantitative estimate of drug-likeness (QED) is 0.614. The highest BCUT2D eigenvalue weighted by Gasteiger charge is 2.35. The van der Waals surface area contributed by atoms with Crippen LogP contribution in [0.25, 0.3) is 0 Å². The number of carbonyl (C=O) groups excluding carboxylic acids is 1. The smallest absolute Gasteiger partial charge is 0.308 e. The molecule has 1 atom stereocenters. The summed E-state index contributed by atoms with van der Waals surface area (Å²) < 4.78 is 16.1. The fraction of sp³-hybridized carbons (Fsp3) is 0.316. The molecule has 3 N–H and O–H groups in total. The number of ether oxygens (including phenoxy) is 3. The summed E-state index contributed by atoms with van der Waals surface area (Å²) in [5, 5.41) is 16.9. The first-order valence-corrected chi connectivity index (χ1v) is 8.51. The van der Waals surface area contributed by atoms with Crippen LogP contribution in [-0.4, -0.2) is 23.3 Å². The first kappa shape index (κ1) is 18.3. The Labute approximate surface area is 156 Å². The summed E-state index contributed by atoms with van der Waals surface area (Å²) in [7, 11) is 1.48. The Morgan fingerprint density at radius 3 is 2.85 bits per heavy atom. The molecule has 0 saturated heterocycles. The molecule has 2 heterocycles. The summed E-state index contributed by atoms with van der Waals surface area (Å²) in [6.45, 7) is 3.37. The van der Waals surface area contributed by atoms with Gasteiger partial charge < -0.3 is 19.9 Å². The summed E-state index contributed by atoms with van der Waals surface area (Å²) in [6, 6.07) is 7.28. The summed E-state index contributed by atoms with van der Waals surface area (Å²) in [4.78, 5) is 11.3. The zero-order chi connectivity index (χ0) is 19.6. The number of hydrogen-bond acceptors (Lipinski definition) is 7. The van der Waals surface area contributed by atoms with Gasteiger partial charge in [-0.1, -0.05) is 19.4 Å². The van der Waals surface area contributed by atoms with Gasteiger partial charge in [-0.2, -0.15) is 5.26 Å². The van der Waals surface area contributed by atoms with Crippen molar-refractivity contribution in [1.82, 2.24) is 10.2 Å². The van der Waals surface area contributed by atoms with E-state index in [1.54, 1.807) is 18.2 Å². The molecule has 27 heavy (non-hydrogen) atoms. The molecule has 0 fully saturated rings. The predicted octanol–water partition coefficient (Wildman–Crippen LogP) is 2.51. The minimum atomic E-state index is -0.459. The number of nitrogens with zero attached hydrogens (tertiary/aromatic N) is 2. The van der Waals surface area contributed by atoms with E-state index < -0.39 is 11.9 Å². The monoisotopic (exact) mass is 368 g/mol. The predicted molar refractivity (Wildman–Crippen MR) is 96.2 cm³/mol. The molecule has 0 bridgehead atoms. The largest absolute Gasteiger partial charge is 0.493 e. The van der Waals surface area contributed by atoms with Gasteiger partial charge in [0, 0.05) is 18.2 Å². The number of esters is 1. The molecule has 0 aliphatic carbocycles. The van der Waals surface area contributed by atoms with Gasteiger partial charge in [0.1, 0.15) is 11.6 Å². The number of H-pyrrole nitrogens is 1. The topological polar surface area (TPSA) is 123 Å². The van der Waals surface area contributed by atoms with Gasteiger partial charge in [0.15, 0.2) is 11.5 Å². The standard InChI is InChI=1S/C19H20N4O4/c1-4-5-13-17-16(12(9-20)18(21)27-19(17)23-22-13)11-6-7-14(26-10(2)24)15(8-11)25-3/h6-8,16H,4-5,21H2,1-3H3,(H,22,23)/t16-/m1/s1. The van der Waals surface area contributed by atoms with Crippen molar-refractivity contribution in [3.8, 4) is 23.4 Å². The molecule has 2 aromatic rings. The Balaban J connectivity index is 2.16. The number of fused-ring (bicyclic) bond motifs is 1. The molecule has 8 nitrogen and oxygen atoms in total. The first-order valence-electron chi connectivity index (χ1n) is 8.51. The molecule has 3 rings (SSSR count). The van der Waals surface area contributed by atoms with Gasteiger partial charge in [-0.25, -0.2) is 0 Å². The van der Waals surface area contributed by atoms with Crippen molar-refractivity contribution in [1.29, 1.82) is 5.26 Å². The molecule has 0 spiro atoms. The molecule has 1 aromatic heterocycles. The molecule has 8 heteroatoms. The Bertz CT molecular complexity index is 955. The van der Waals surface area contributed by atoms with E-state index in [2.05, 4.69) is 23.2 Å². The SMILES string of the molecule is CCCc1[nH]nc2c1[C@H](c1ccc(OC(C)=O)c(OC)c1)C(C#N)=C(N)O2. The van der Waals surface area contributed by atoms with Crippen LogP contribution in [0.5, 0.6) is 17.4 Å². The molecular weight excluding hydrogens is 348 g/mol. The lowest BCUT2D eigenvalue weighted by molar-refractivity contribution is -0.132. The van der Waals surface area contributed by atoms with E-state index in [0.717, 1.165) is 29.7 Å². The van der Waals surface area contributed by atoms with Gasteiger partial charge in [-0.3, -0.25) is 9.89 Å². The third kappa shape index (κ3) is 3.31. The van der Waals surface area contributed by atoms with Crippen LogP contribution in [0.4, 0.5) is 0 Å². The van der Waals surface area contributed by atoms with Crippen LogP contribution in [0, 0.1) is 11.3 Å². The number of nitrogens with one attached hydrogen (secondary N) is 1. The van der Waals surface area contributed by atoms with E-state index >= 15 is 0 Å². The first-order chi connectivity index (χ1) is 13.0. The molecule has 1 aromatic carbocycles. The normalized spacial score (nSPS) is 15.6. The average Bonchev–Trinajstić information content (AvgIpc) is 3.03. The van der Waals surface area contributed by atoms with E-state index in [4.69, 9.17) is 19.9 Å². The second-order valence-corrected chi connectivity index (χ2v) is 6.10. The van der Waals surface area contributed by atoms with Crippen LogP contribution in [0.2, 0.25) is 0 Å². The number of aromatic amines is 1. The van der Waals surface area contributed by atoms with Crippen molar-refractivity contribution in [3.63, 3.8) is 0 Å². The number of allylic oxidation sites excluding steroid dienone is 1. The van der Waals surface area contributed by atoms with Crippen molar-refractivity contribution in [2.75, 3.05) is 7.11 Å². The number of rotatable bonds is 5. The van der Waals surface area contributed by atoms with Gasteiger partial charge in [-0.15, -0.1) is 5.10 Å². The van der Waals surface area contributed by atoms with Crippen molar-refractivity contribution in [3.05, 3.63) is 46.5 Å². The highest BCUT2D eigenvalue weighted by molar-refractivity contribution is 5.70. The Morgan fingerprint density at radius 2 is 2.22 bits per heavy atom. The number of methoxy groups -OCH3 is 1. The Kier molecular flexibility index (Phi) is 5.03. The fourth-order valence-corrected chi connectivity index (χ4v) is 3.19. The van der Waals surface area contributed by atoms with Gasteiger partial charge >= 0.3 is 5.97 Å². The molecule has 1 aliphatic heterocycles.